The molecule has 5 rings (SSSR count). The number of pyridine rings is 1. The van der Waals surface area contributed by atoms with E-state index in [1.807, 2.05) is 12.1 Å². The van der Waals surface area contributed by atoms with Gasteiger partial charge in [0.25, 0.3) is 0 Å². The van der Waals surface area contributed by atoms with Crippen molar-refractivity contribution in [2.75, 3.05) is 10.6 Å². The molecule has 36 heavy (non-hydrogen) atoms. The van der Waals surface area contributed by atoms with E-state index in [0.717, 1.165) is 23.3 Å². The Balaban J connectivity index is 1.31. The molecule has 0 bridgehead atoms. The number of hydrogen-bond acceptors (Lipinski definition) is 6. The van der Waals surface area contributed by atoms with Crippen LogP contribution in [0.3, 0.4) is 0 Å². The monoisotopic (exact) mass is 491 g/mol. The van der Waals surface area contributed by atoms with Gasteiger partial charge in [0.15, 0.2) is 11.5 Å². The second kappa shape index (κ2) is 9.33. The lowest BCUT2D eigenvalue weighted by molar-refractivity contribution is -0.274. The summed E-state index contributed by atoms with van der Waals surface area (Å²) < 4.78 is 42.3. The summed E-state index contributed by atoms with van der Waals surface area (Å²) >= 11 is 0. The van der Waals surface area contributed by atoms with Crippen LogP contribution in [-0.4, -0.2) is 37.2 Å². The number of benzene rings is 2. The Morgan fingerprint density at radius 2 is 1.64 bits per heavy atom. The predicted octanol–water partition coefficient (Wildman–Crippen LogP) is 5.40. The molecule has 2 aromatic carbocycles. The van der Waals surface area contributed by atoms with Gasteiger partial charge in [-0.3, -0.25) is 4.98 Å². The van der Waals surface area contributed by atoms with Gasteiger partial charge in [0.05, 0.1) is 5.69 Å². The highest BCUT2D eigenvalue weighted by atomic mass is 19.4. The summed E-state index contributed by atoms with van der Waals surface area (Å²) in [5, 5.41) is 18.2. The first-order valence-electron chi connectivity index (χ1n) is 10.5. The van der Waals surface area contributed by atoms with Crippen LogP contribution >= 0.6 is 0 Å². The Morgan fingerprint density at radius 1 is 0.861 bits per heavy atom. The maximum Gasteiger partial charge on any atom is 0.573 e. The van der Waals surface area contributed by atoms with Gasteiger partial charge < -0.3 is 15.4 Å². The molecule has 5 aromatic rings. The van der Waals surface area contributed by atoms with Crippen molar-refractivity contribution < 1.29 is 22.7 Å². The molecule has 180 valence electrons. The first-order chi connectivity index (χ1) is 17.3. The quantitative estimate of drug-likeness (QED) is 0.341. The number of urea groups is 1. The first kappa shape index (κ1) is 22.8. The Kier molecular flexibility index (Phi) is 5.90. The molecule has 3 heterocycles. The van der Waals surface area contributed by atoms with E-state index in [4.69, 9.17) is 0 Å². The molecule has 0 atom stereocenters. The number of nitrogens with zero attached hydrogens (tertiary/aromatic N) is 5. The number of ether oxygens (including phenoxy) is 1. The fraction of sp³-hybridized carbons (Fsp3) is 0.0417. The molecule has 0 unspecified atom stereocenters. The number of hydrogen-bond donors (Lipinski definition) is 2. The van der Waals surface area contributed by atoms with Gasteiger partial charge >= 0.3 is 12.4 Å². The molecule has 9 nitrogen and oxygen atoms in total. The molecular weight excluding hydrogens is 475 g/mol. The van der Waals surface area contributed by atoms with Crippen LogP contribution in [0.5, 0.6) is 5.75 Å². The van der Waals surface area contributed by atoms with Crippen LogP contribution in [0.15, 0.2) is 85.2 Å². The minimum absolute atomic E-state index is 0.292. The summed E-state index contributed by atoms with van der Waals surface area (Å²) in [4.78, 5) is 16.5. The molecule has 0 radical (unpaired) electrons. The maximum atomic E-state index is 12.4. The summed E-state index contributed by atoms with van der Waals surface area (Å²) in [5.41, 5.74) is 3.46. The Labute approximate surface area is 201 Å². The Bertz CT molecular complexity index is 1520. The molecule has 2 N–H and O–H groups in total. The lowest BCUT2D eigenvalue weighted by atomic mass is 10.1. The molecule has 0 aliphatic rings. The third kappa shape index (κ3) is 5.22. The molecule has 12 heteroatoms. The molecule has 0 spiro atoms. The van der Waals surface area contributed by atoms with Gasteiger partial charge in [0.1, 0.15) is 5.75 Å². The topological polar surface area (TPSA) is 106 Å². The number of carbonyl (C=O) groups is 1. The lowest BCUT2D eigenvalue weighted by Crippen LogP contribution is -2.19. The van der Waals surface area contributed by atoms with Gasteiger partial charge in [-0.25, -0.2) is 4.79 Å². The third-order valence-corrected chi connectivity index (χ3v) is 4.94. The fourth-order valence-corrected chi connectivity index (χ4v) is 3.41. The van der Waals surface area contributed by atoms with Crippen molar-refractivity contribution in [1.82, 2.24) is 24.8 Å². The van der Waals surface area contributed by atoms with Gasteiger partial charge in [0.2, 0.25) is 0 Å². The number of fused-ring (bicyclic) bond motifs is 1. The summed E-state index contributed by atoms with van der Waals surface area (Å²) in [6.45, 7) is 0. The number of alkyl halides is 3. The lowest BCUT2D eigenvalue weighted by Gasteiger charge is -2.11. The summed E-state index contributed by atoms with van der Waals surface area (Å²) in [7, 11) is 0. The van der Waals surface area contributed by atoms with Crippen molar-refractivity contribution in [2.45, 2.75) is 6.36 Å². The van der Waals surface area contributed by atoms with E-state index in [1.54, 1.807) is 53.3 Å². The van der Waals surface area contributed by atoms with Crippen molar-refractivity contribution in [3.05, 3.63) is 85.2 Å². The molecule has 0 aliphatic heterocycles. The van der Waals surface area contributed by atoms with Gasteiger partial charge in [-0.05, 0) is 60.7 Å². The second-order valence-corrected chi connectivity index (χ2v) is 7.49. The molecule has 3 aromatic heterocycles. The van der Waals surface area contributed by atoms with Crippen LogP contribution in [0, 0.1) is 0 Å². The summed E-state index contributed by atoms with van der Waals surface area (Å²) in [6.07, 6.45) is -1.45. The zero-order valence-corrected chi connectivity index (χ0v) is 18.3. The summed E-state index contributed by atoms with van der Waals surface area (Å²) in [5.74, 6) is 0.158. The zero-order valence-electron chi connectivity index (χ0n) is 18.3. The largest absolute Gasteiger partial charge is 0.573 e. The number of nitrogens with one attached hydrogen (secondary N) is 2. The van der Waals surface area contributed by atoms with Gasteiger partial charge in [-0.2, -0.15) is 9.61 Å². The normalized spacial score (nSPS) is 11.3. The maximum absolute atomic E-state index is 12.4. The van der Waals surface area contributed by atoms with Gasteiger partial charge in [-0.15, -0.1) is 23.4 Å². The van der Waals surface area contributed by atoms with E-state index >= 15 is 0 Å². The van der Waals surface area contributed by atoms with Crippen LogP contribution in [0.4, 0.5) is 29.3 Å². The van der Waals surface area contributed by atoms with Gasteiger partial charge in [0, 0.05) is 34.9 Å². The average molecular weight is 491 g/mol. The highest BCUT2D eigenvalue weighted by molar-refractivity contribution is 6.00. The number of amides is 2. The van der Waals surface area contributed by atoms with E-state index in [-0.39, 0.29) is 5.75 Å². The molecule has 2 amide bonds. The third-order valence-electron chi connectivity index (χ3n) is 4.94. The predicted molar refractivity (Wildman–Crippen MR) is 125 cm³/mol. The molecular formula is C24H16F3N7O2. The summed E-state index contributed by atoms with van der Waals surface area (Å²) in [6, 6.07) is 18.5. The highest BCUT2D eigenvalue weighted by Gasteiger charge is 2.31. The van der Waals surface area contributed by atoms with Crippen molar-refractivity contribution in [3.63, 3.8) is 0 Å². The Hall–Kier alpha value is -5.00. The van der Waals surface area contributed by atoms with Crippen molar-refractivity contribution in [1.29, 1.82) is 0 Å². The SMILES string of the molecule is O=C(Nc1ccc(OC(F)(F)F)cc1)Nc1cccc(-c2ccc3nnc(-c4cccnc4)n3n2)c1. The number of carbonyl (C=O) groups excluding carboxylic acids is 1. The van der Waals surface area contributed by atoms with E-state index < -0.39 is 12.4 Å². The minimum Gasteiger partial charge on any atom is -0.406 e. The van der Waals surface area contributed by atoms with Crippen LogP contribution in [0.2, 0.25) is 0 Å². The average Bonchev–Trinajstić information content (AvgIpc) is 3.28. The fourth-order valence-electron chi connectivity index (χ4n) is 3.41. The van der Waals surface area contributed by atoms with E-state index in [2.05, 4.69) is 35.7 Å². The van der Waals surface area contributed by atoms with Crippen molar-refractivity contribution in [2.24, 2.45) is 0 Å². The number of anilines is 2. The second-order valence-electron chi connectivity index (χ2n) is 7.49. The van der Waals surface area contributed by atoms with Gasteiger partial charge in [-0.1, -0.05) is 12.1 Å². The van der Waals surface area contributed by atoms with Crippen LogP contribution in [0.25, 0.3) is 28.3 Å². The van der Waals surface area contributed by atoms with Crippen LogP contribution < -0.4 is 15.4 Å². The van der Waals surface area contributed by atoms with E-state index in [0.29, 0.717) is 28.5 Å². The number of aromatic nitrogens is 5. The highest BCUT2D eigenvalue weighted by Crippen LogP contribution is 2.25. The van der Waals surface area contributed by atoms with Crippen LogP contribution in [0.1, 0.15) is 0 Å². The van der Waals surface area contributed by atoms with Crippen molar-refractivity contribution in [3.8, 4) is 28.4 Å². The smallest absolute Gasteiger partial charge is 0.406 e. The standard InChI is InChI=1S/C24H16F3N7O2/c25-24(26,27)36-19-8-6-17(7-9-19)29-23(35)30-18-5-1-3-15(13-18)20-10-11-21-31-32-22(34(21)33-20)16-4-2-12-28-14-16/h1-14H,(H2,29,30,35). The molecule has 0 saturated carbocycles. The zero-order chi connectivity index (χ0) is 25.1. The van der Waals surface area contributed by atoms with Crippen molar-refractivity contribution >= 4 is 23.1 Å². The molecule has 0 aliphatic carbocycles. The Morgan fingerprint density at radius 3 is 2.39 bits per heavy atom. The number of rotatable bonds is 5. The van der Waals surface area contributed by atoms with Crippen LogP contribution in [-0.2, 0) is 0 Å². The number of halogens is 3. The van der Waals surface area contributed by atoms with E-state index in [9.17, 15) is 18.0 Å². The molecule has 0 saturated heterocycles. The minimum atomic E-state index is -4.79. The first-order valence-corrected chi connectivity index (χ1v) is 10.5. The molecule has 0 fully saturated rings. The van der Waals surface area contributed by atoms with E-state index in [1.165, 1.54) is 12.1 Å².